The predicted octanol–water partition coefficient (Wildman–Crippen LogP) is 5.27. The van der Waals surface area contributed by atoms with Gasteiger partial charge in [0, 0.05) is 0 Å². The topological polar surface area (TPSA) is 36.9 Å². The van der Waals surface area contributed by atoms with Gasteiger partial charge in [0.25, 0.3) is 8.32 Å². The molecule has 0 spiro atoms. The minimum Gasteiger partial charge on any atom is -0.541 e. The first-order valence-corrected chi connectivity index (χ1v) is 12.2. The van der Waals surface area contributed by atoms with Crippen LogP contribution in [0.5, 0.6) is 11.5 Å². The van der Waals surface area contributed by atoms with E-state index in [0.29, 0.717) is 5.46 Å². The van der Waals surface area contributed by atoms with Crippen LogP contribution in [-0.4, -0.2) is 33.0 Å². The number of ether oxygens (including phenoxy) is 1. The zero-order valence-corrected chi connectivity index (χ0v) is 19.1. The van der Waals surface area contributed by atoms with Gasteiger partial charge in [-0.25, -0.2) is 0 Å². The summed E-state index contributed by atoms with van der Waals surface area (Å²) in [6.07, 6.45) is -4.83. The number of hydrogen-bond donors (Lipinski definition) is 0. The first-order chi connectivity index (χ1) is 12.3. The maximum absolute atomic E-state index is 13.0. The van der Waals surface area contributed by atoms with Crippen molar-refractivity contribution >= 4 is 20.9 Å². The first-order valence-electron chi connectivity index (χ1n) is 9.29. The molecule has 1 saturated heterocycles. The smallest absolute Gasteiger partial charge is 0.541 e. The second kappa shape index (κ2) is 6.95. The lowest BCUT2D eigenvalue weighted by Gasteiger charge is -2.37. The third-order valence-electron chi connectivity index (χ3n) is 5.89. The lowest BCUT2D eigenvalue weighted by atomic mass is 9.79. The molecule has 0 radical (unpaired) electrons. The minimum atomic E-state index is -4.83. The summed E-state index contributed by atoms with van der Waals surface area (Å²) in [5.41, 5.74) is -0.751. The van der Waals surface area contributed by atoms with E-state index >= 15 is 0 Å². The third kappa shape index (κ3) is 4.86. The van der Waals surface area contributed by atoms with Crippen LogP contribution < -0.4 is 14.6 Å². The molecule has 0 saturated carbocycles. The lowest BCUT2D eigenvalue weighted by molar-refractivity contribution is -0.274. The third-order valence-corrected chi connectivity index (χ3v) is 10.2. The molecule has 0 atom stereocenters. The van der Waals surface area contributed by atoms with Gasteiger partial charge in [-0.05, 0) is 63.4 Å². The van der Waals surface area contributed by atoms with Gasteiger partial charge in [-0.3, -0.25) is 0 Å². The Balaban J connectivity index is 2.41. The van der Waals surface area contributed by atoms with Crippen LogP contribution in [0.2, 0.25) is 18.1 Å². The molecule has 1 aromatic rings. The highest BCUT2D eigenvalue weighted by Crippen LogP contribution is 2.42. The normalized spacial score (nSPS) is 19.6. The Kier molecular flexibility index (Phi) is 5.73. The van der Waals surface area contributed by atoms with Crippen molar-refractivity contribution in [1.29, 1.82) is 0 Å². The average Bonchev–Trinajstić information content (AvgIpc) is 2.66. The standard InChI is InChI=1S/C19H30BF3O4Si/c1-16(2,3)28(8,9)25-14-11-10-13(12-15(14)24-19(21,22)23)20-26-17(4,5)18(6,7)27-20/h10-12H,1-9H3. The van der Waals surface area contributed by atoms with Crippen LogP contribution in [0.25, 0.3) is 0 Å². The Hall–Kier alpha value is -1.19. The van der Waals surface area contributed by atoms with Crippen molar-refractivity contribution in [2.45, 2.75) is 84.2 Å². The van der Waals surface area contributed by atoms with Crippen LogP contribution in [-0.2, 0) is 9.31 Å². The summed E-state index contributed by atoms with van der Waals surface area (Å²) in [5, 5.41) is -0.174. The SMILES string of the molecule is CC1(C)OB(c2ccc(O[Si](C)(C)C(C)(C)C)c(OC(F)(F)F)c2)OC1(C)C. The second-order valence-electron chi connectivity index (χ2n) is 9.70. The Morgan fingerprint density at radius 3 is 1.86 bits per heavy atom. The molecule has 0 amide bonds. The van der Waals surface area contributed by atoms with Crippen molar-refractivity contribution in [3.63, 3.8) is 0 Å². The lowest BCUT2D eigenvalue weighted by Crippen LogP contribution is -2.44. The molecule has 1 aliphatic heterocycles. The summed E-state index contributed by atoms with van der Waals surface area (Å²) in [6.45, 7) is 17.5. The Morgan fingerprint density at radius 2 is 1.43 bits per heavy atom. The molecule has 4 nitrogen and oxygen atoms in total. The van der Waals surface area contributed by atoms with E-state index in [4.69, 9.17) is 13.7 Å². The van der Waals surface area contributed by atoms with E-state index in [1.165, 1.54) is 12.1 Å². The van der Waals surface area contributed by atoms with E-state index in [1.807, 2.05) is 61.6 Å². The average molecular weight is 418 g/mol. The van der Waals surface area contributed by atoms with Crippen molar-refractivity contribution in [2.24, 2.45) is 0 Å². The van der Waals surface area contributed by atoms with Gasteiger partial charge in [0.1, 0.15) is 5.75 Å². The summed E-state index contributed by atoms with van der Waals surface area (Å²) in [6, 6.07) is 4.45. The molecular formula is C19H30BF3O4Si. The number of hydrogen-bond acceptors (Lipinski definition) is 4. The highest BCUT2D eigenvalue weighted by Gasteiger charge is 2.52. The second-order valence-corrected chi connectivity index (χ2v) is 14.4. The van der Waals surface area contributed by atoms with E-state index in [-0.39, 0.29) is 16.5 Å². The largest absolute Gasteiger partial charge is 0.573 e. The van der Waals surface area contributed by atoms with Gasteiger partial charge in [0.05, 0.1) is 11.2 Å². The molecule has 0 N–H and O–H groups in total. The fraction of sp³-hybridized carbons (Fsp3) is 0.684. The van der Waals surface area contributed by atoms with Gasteiger partial charge in [0.2, 0.25) is 0 Å². The van der Waals surface area contributed by atoms with Crippen molar-refractivity contribution in [2.75, 3.05) is 0 Å². The van der Waals surface area contributed by atoms with E-state index < -0.39 is 33.0 Å². The summed E-state index contributed by atoms with van der Waals surface area (Å²) in [4.78, 5) is 0. The van der Waals surface area contributed by atoms with Crippen LogP contribution in [0.3, 0.4) is 0 Å². The summed E-state index contributed by atoms with van der Waals surface area (Å²) >= 11 is 0. The molecule has 1 aromatic carbocycles. The molecule has 0 unspecified atom stereocenters. The van der Waals surface area contributed by atoms with Crippen LogP contribution in [0, 0.1) is 0 Å². The van der Waals surface area contributed by atoms with E-state index in [0.717, 1.165) is 0 Å². The molecule has 28 heavy (non-hydrogen) atoms. The first kappa shape index (κ1) is 23.1. The minimum absolute atomic E-state index is 0.0733. The molecule has 1 heterocycles. The van der Waals surface area contributed by atoms with E-state index in [9.17, 15) is 13.2 Å². The van der Waals surface area contributed by atoms with Gasteiger partial charge in [-0.15, -0.1) is 13.2 Å². The number of rotatable bonds is 4. The predicted molar refractivity (Wildman–Crippen MR) is 107 cm³/mol. The molecule has 0 aromatic heterocycles. The fourth-order valence-corrected chi connectivity index (χ4v) is 3.39. The molecule has 0 bridgehead atoms. The van der Waals surface area contributed by atoms with Gasteiger partial charge in [0.15, 0.2) is 5.75 Å². The van der Waals surface area contributed by atoms with Crippen molar-refractivity contribution in [3.8, 4) is 11.5 Å². The summed E-state index contributed by atoms with van der Waals surface area (Å²) < 4.78 is 61.3. The molecular weight excluding hydrogens is 388 g/mol. The van der Waals surface area contributed by atoms with Crippen molar-refractivity contribution < 1.29 is 31.6 Å². The van der Waals surface area contributed by atoms with Gasteiger partial charge in [-0.1, -0.05) is 26.8 Å². The van der Waals surface area contributed by atoms with Gasteiger partial charge >= 0.3 is 13.5 Å². The Morgan fingerprint density at radius 1 is 0.929 bits per heavy atom. The van der Waals surface area contributed by atoms with Crippen LogP contribution in [0.1, 0.15) is 48.5 Å². The fourth-order valence-electron chi connectivity index (χ4n) is 2.37. The number of alkyl halides is 3. The Bertz CT molecular complexity index is 711. The zero-order valence-electron chi connectivity index (χ0n) is 18.1. The highest BCUT2D eigenvalue weighted by molar-refractivity contribution is 6.74. The summed E-state index contributed by atoms with van der Waals surface area (Å²) in [7, 11) is -3.15. The molecule has 1 fully saturated rings. The summed E-state index contributed by atoms with van der Waals surface area (Å²) in [5.74, 6) is -0.311. The molecule has 158 valence electrons. The zero-order chi connectivity index (χ0) is 21.8. The van der Waals surface area contributed by atoms with E-state index in [1.54, 1.807) is 6.07 Å². The molecule has 0 aliphatic carbocycles. The highest BCUT2D eigenvalue weighted by atomic mass is 28.4. The van der Waals surface area contributed by atoms with Crippen molar-refractivity contribution in [1.82, 2.24) is 0 Å². The van der Waals surface area contributed by atoms with Gasteiger partial charge in [-0.2, -0.15) is 0 Å². The monoisotopic (exact) mass is 418 g/mol. The molecule has 9 heteroatoms. The quantitative estimate of drug-likeness (QED) is 0.625. The van der Waals surface area contributed by atoms with Crippen LogP contribution in [0.15, 0.2) is 18.2 Å². The molecule has 2 rings (SSSR count). The van der Waals surface area contributed by atoms with Crippen molar-refractivity contribution in [3.05, 3.63) is 18.2 Å². The van der Waals surface area contributed by atoms with Gasteiger partial charge < -0.3 is 18.5 Å². The van der Waals surface area contributed by atoms with Crippen LogP contribution in [0.4, 0.5) is 13.2 Å². The Labute approximate surface area is 167 Å². The van der Waals surface area contributed by atoms with E-state index in [2.05, 4.69) is 4.74 Å². The maximum Gasteiger partial charge on any atom is 0.573 e. The number of benzene rings is 1. The molecule has 1 aliphatic rings. The number of halogens is 3. The van der Waals surface area contributed by atoms with Crippen LogP contribution >= 0.6 is 0 Å². The maximum atomic E-state index is 13.0.